The summed E-state index contributed by atoms with van der Waals surface area (Å²) >= 11 is 1.49. The van der Waals surface area contributed by atoms with Crippen LogP contribution >= 0.6 is 11.8 Å². The molecule has 0 saturated heterocycles. The van der Waals surface area contributed by atoms with E-state index in [0.717, 1.165) is 5.56 Å². The lowest BCUT2D eigenvalue weighted by atomic mass is 10.1. The molecule has 0 aliphatic carbocycles. The summed E-state index contributed by atoms with van der Waals surface area (Å²) in [5, 5.41) is 11.3. The van der Waals surface area contributed by atoms with Gasteiger partial charge < -0.3 is 10.4 Å². The molecule has 19 heavy (non-hydrogen) atoms. The molecule has 0 radical (unpaired) electrons. The van der Waals surface area contributed by atoms with Crippen molar-refractivity contribution in [1.82, 2.24) is 5.32 Å². The van der Waals surface area contributed by atoms with E-state index in [1.165, 1.54) is 23.9 Å². The number of amides is 1. The van der Waals surface area contributed by atoms with Crippen LogP contribution in [0.4, 0.5) is 4.39 Å². The zero-order chi connectivity index (χ0) is 14.4. The van der Waals surface area contributed by atoms with Crippen LogP contribution in [0.25, 0.3) is 0 Å². The summed E-state index contributed by atoms with van der Waals surface area (Å²) in [6, 6.07) is 3.15. The molecule has 0 aliphatic rings. The normalized spacial score (nSPS) is 11.9. The first-order chi connectivity index (χ1) is 8.95. The van der Waals surface area contributed by atoms with Crippen LogP contribution in [0.3, 0.4) is 0 Å². The number of thioether (sulfide) groups is 1. The summed E-state index contributed by atoms with van der Waals surface area (Å²) < 4.78 is 13.5. The van der Waals surface area contributed by atoms with Gasteiger partial charge in [0.25, 0.3) is 5.91 Å². The van der Waals surface area contributed by atoms with Crippen molar-refractivity contribution in [3.05, 3.63) is 35.1 Å². The molecule has 0 spiro atoms. The van der Waals surface area contributed by atoms with Crippen LogP contribution < -0.4 is 5.32 Å². The summed E-state index contributed by atoms with van der Waals surface area (Å²) in [5.41, 5.74) is 0.609. The van der Waals surface area contributed by atoms with Gasteiger partial charge in [-0.25, -0.2) is 9.18 Å². The van der Waals surface area contributed by atoms with Gasteiger partial charge in [-0.15, -0.1) is 0 Å². The molecule has 4 nitrogen and oxygen atoms in total. The third kappa shape index (κ3) is 4.55. The summed E-state index contributed by atoms with van der Waals surface area (Å²) in [7, 11) is 0. The van der Waals surface area contributed by atoms with Gasteiger partial charge >= 0.3 is 5.97 Å². The SMILES string of the molecule is CSCC[C@@H](NC(=O)c1cc(C)ccc1F)C(=O)O. The molecule has 0 heterocycles. The maximum atomic E-state index is 13.5. The Bertz CT molecular complexity index is 479. The van der Waals surface area contributed by atoms with Gasteiger partial charge in [0.1, 0.15) is 11.9 Å². The first-order valence-corrected chi connectivity index (χ1v) is 7.14. The number of rotatable bonds is 6. The molecule has 0 aliphatic heterocycles. The molecule has 104 valence electrons. The fraction of sp³-hybridized carbons (Fsp3) is 0.385. The highest BCUT2D eigenvalue weighted by atomic mass is 32.2. The van der Waals surface area contributed by atoms with E-state index in [2.05, 4.69) is 5.32 Å². The van der Waals surface area contributed by atoms with E-state index in [4.69, 9.17) is 5.11 Å². The van der Waals surface area contributed by atoms with Crippen molar-refractivity contribution in [1.29, 1.82) is 0 Å². The van der Waals surface area contributed by atoms with Gasteiger partial charge in [0, 0.05) is 0 Å². The molecule has 2 N–H and O–H groups in total. The first kappa shape index (κ1) is 15.5. The number of benzene rings is 1. The number of aliphatic carboxylic acids is 1. The quantitative estimate of drug-likeness (QED) is 0.839. The molecule has 1 rings (SSSR count). The zero-order valence-corrected chi connectivity index (χ0v) is 11.6. The number of carbonyl (C=O) groups excluding carboxylic acids is 1. The third-order valence-corrected chi connectivity index (χ3v) is 3.22. The van der Waals surface area contributed by atoms with Gasteiger partial charge in [-0.1, -0.05) is 11.6 Å². The van der Waals surface area contributed by atoms with Gasteiger partial charge in [0.15, 0.2) is 0 Å². The molecule has 6 heteroatoms. The van der Waals surface area contributed by atoms with Crippen molar-refractivity contribution in [3.8, 4) is 0 Å². The molecule has 1 aromatic carbocycles. The second kappa shape index (κ2) is 7.13. The van der Waals surface area contributed by atoms with Crippen LogP contribution in [-0.4, -0.2) is 35.0 Å². The number of carbonyl (C=O) groups is 2. The summed E-state index contributed by atoms with van der Waals surface area (Å²) in [5.74, 6) is -1.87. The molecule has 0 aromatic heterocycles. The van der Waals surface area contributed by atoms with E-state index >= 15 is 0 Å². The average Bonchev–Trinajstić information content (AvgIpc) is 2.36. The minimum absolute atomic E-state index is 0.129. The van der Waals surface area contributed by atoms with Gasteiger partial charge in [-0.3, -0.25) is 4.79 Å². The Balaban J connectivity index is 2.81. The number of hydrogen-bond donors (Lipinski definition) is 2. The van der Waals surface area contributed by atoms with E-state index in [-0.39, 0.29) is 5.56 Å². The number of halogens is 1. The Kier molecular flexibility index (Phi) is 5.82. The monoisotopic (exact) mass is 285 g/mol. The number of carboxylic acids is 1. The largest absolute Gasteiger partial charge is 0.480 e. The topological polar surface area (TPSA) is 66.4 Å². The van der Waals surface area contributed by atoms with Gasteiger partial charge in [0.2, 0.25) is 0 Å². The maximum absolute atomic E-state index is 13.5. The number of hydrogen-bond acceptors (Lipinski definition) is 3. The fourth-order valence-electron chi connectivity index (χ4n) is 1.54. The fourth-order valence-corrected chi connectivity index (χ4v) is 2.01. The molecule has 0 unspecified atom stereocenters. The van der Waals surface area contributed by atoms with Crippen LogP contribution in [0, 0.1) is 12.7 Å². The Morgan fingerprint density at radius 3 is 2.74 bits per heavy atom. The first-order valence-electron chi connectivity index (χ1n) is 5.74. The summed E-state index contributed by atoms with van der Waals surface area (Å²) in [4.78, 5) is 22.9. The lowest BCUT2D eigenvalue weighted by molar-refractivity contribution is -0.139. The molecule has 0 bridgehead atoms. The molecular weight excluding hydrogens is 269 g/mol. The molecule has 0 saturated carbocycles. The highest BCUT2D eigenvalue weighted by molar-refractivity contribution is 7.98. The molecule has 1 amide bonds. The highest BCUT2D eigenvalue weighted by Crippen LogP contribution is 2.11. The van der Waals surface area contributed by atoms with Gasteiger partial charge in [-0.05, 0) is 37.5 Å². The maximum Gasteiger partial charge on any atom is 0.326 e. The lowest BCUT2D eigenvalue weighted by Gasteiger charge is -2.14. The van der Waals surface area contributed by atoms with Crippen LogP contribution in [0.1, 0.15) is 22.3 Å². The van der Waals surface area contributed by atoms with Crippen molar-refractivity contribution in [2.45, 2.75) is 19.4 Å². The number of aryl methyl sites for hydroxylation is 1. The predicted octanol–water partition coefficient (Wildman–Crippen LogP) is 2.07. The Labute approximate surface area is 115 Å². The predicted molar refractivity (Wildman–Crippen MR) is 73.0 cm³/mol. The Morgan fingerprint density at radius 1 is 1.47 bits per heavy atom. The van der Waals surface area contributed by atoms with Crippen molar-refractivity contribution >= 4 is 23.6 Å². The third-order valence-electron chi connectivity index (χ3n) is 2.58. The van der Waals surface area contributed by atoms with E-state index in [9.17, 15) is 14.0 Å². The second-order valence-electron chi connectivity index (χ2n) is 4.13. The van der Waals surface area contributed by atoms with Gasteiger partial charge in [0.05, 0.1) is 5.56 Å². The van der Waals surface area contributed by atoms with Crippen molar-refractivity contribution in [2.75, 3.05) is 12.0 Å². The number of nitrogens with one attached hydrogen (secondary N) is 1. The molecular formula is C13H16FNO3S. The average molecular weight is 285 g/mol. The second-order valence-corrected chi connectivity index (χ2v) is 5.11. The molecule has 1 aromatic rings. The van der Waals surface area contributed by atoms with Crippen molar-refractivity contribution in [2.24, 2.45) is 0 Å². The minimum atomic E-state index is -1.12. The standard InChI is InChI=1S/C13H16FNO3S/c1-8-3-4-10(14)9(7-8)12(16)15-11(13(17)18)5-6-19-2/h3-4,7,11H,5-6H2,1-2H3,(H,15,16)(H,17,18)/t11-/m1/s1. The van der Waals surface area contributed by atoms with E-state index in [1.54, 1.807) is 13.0 Å². The Morgan fingerprint density at radius 2 is 2.16 bits per heavy atom. The van der Waals surface area contributed by atoms with Crippen LogP contribution in [0.2, 0.25) is 0 Å². The van der Waals surface area contributed by atoms with Crippen LogP contribution in [-0.2, 0) is 4.79 Å². The molecule has 0 fully saturated rings. The van der Waals surface area contributed by atoms with E-state index in [1.807, 2.05) is 6.26 Å². The summed E-state index contributed by atoms with van der Waals surface area (Å²) in [6.45, 7) is 1.73. The summed E-state index contributed by atoms with van der Waals surface area (Å²) in [6.07, 6.45) is 2.15. The smallest absolute Gasteiger partial charge is 0.326 e. The number of carboxylic acid groups (broad SMARTS) is 1. The minimum Gasteiger partial charge on any atom is -0.480 e. The van der Waals surface area contributed by atoms with Crippen molar-refractivity contribution in [3.63, 3.8) is 0 Å². The zero-order valence-electron chi connectivity index (χ0n) is 10.8. The lowest BCUT2D eigenvalue weighted by Crippen LogP contribution is -2.41. The highest BCUT2D eigenvalue weighted by Gasteiger charge is 2.21. The van der Waals surface area contributed by atoms with Crippen LogP contribution in [0.5, 0.6) is 0 Å². The van der Waals surface area contributed by atoms with Crippen LogP contribution in [0.15, 0.2) is 18.2 Å². The van der Waals surface area contributed by atoms with E-state index in [0.29, 0.717) is 12.2 Å². The van der Waals surface area contributed by atoms with Gasteiger partial charge in [-0.2, -0.15) is 11.8 Å². The van der Waals surface area contributed by atoms with E-state index < -0.39 is 23.7 Å². The van der Waals surface area contributed by atoms with Crippen molar-refractivity contribution < 1.29 is 19.1 Å². The molecule has 1 atom stereocenters. The Hall–Kier alpha value is -1.56.